The van der Waals surface area contributed by atoms with Gasteiger partial charge in [-0.25, -0.2) is 9.97 Å². The van der Waals surface area contributed by atoms with Gasteiger partial charge in [0.2, 0.25) is 5.91 Å². The Bertz CT molecular complexity index is 792. The standard InChI is InChI=1S/C17H19N5O/c1-10-5-14(18)21-16(6-10)22-9-17(3-4-17)12-8-19-15(7-13(12)22)20-11(2)23/h5-8H,3-4,9H2,1-2H3,(H2,18,21)(H,19,20,23). The first-order valence-electron chi connectivity index (χ1n) is 7.77. The molecule has 2 aromatic heterocycles. The molecule has 2 aliphatic rings. The molecule has 6 nitrogen and oxygen atoms in total. The second-order valence-electron chi connectivity index (χ2n) is 6.56. The minimum absolute atomic E-state index is 0.124. The highest BCUT2D eigenvalue weighted by molar-refractivity contribution is 5.89. The highest BCUT2D eigenvalue weighted by Crippen LogP contribution is 2.58. The first-order chi connectivity index (χ1) is 11.0. The van der Waals surface area contributed by atoms with Crippen LogP contribution in [-0.2, 0) is 10.2 Å². The third kappa shape index (κ3) is 2.30. The van der Waals surface area contributed by atoms with Gasteiger partial charge in [-0.1, -0.05) is 0 Å². The highest BCUT2D eigenvalue weighted by atomic mass is 16.1. The summed E-state index contributed by atoms with van der Waals surface area (Å²) in [6.45, 7) is 4.39. The lowest BCUT2D eigenvalue weighted by Crippen LogP contribution is -2.20. The van der Waals surface area contributed by atoms with E-state index < -0.39 is 0 Å². The lowest BCUT2D eigenvalue weighted by molar-refractivity contribution is -0.114. The molecule has 0 bridgehead atoms. The van der Waals surface area contributed by atoms with Crippen molar-refractivity contribution in [3.05, 3.63) is 35.5 Å². The van der Waals surface area contributed by atoms with E-state index in [0.717, 1.165) is 23.6 Å². The number of aryl methyl sites for hydroxylation is 1. The van der Waals surface area contributed by atoms with Gasteiger partial charge in [-0.05, 0) is 37.5 Å². The van der Waals surface area contributed by atoms with Gasteiger partial charge in [0.1, 0.15) is 17.5 Å². The van der Waals surface area contributed by atoms with Gasteiger partial charge >= 0.3 is 0 Å². The monoisotopic (exact) mass is 309 g/mol. The third-order valence-electron chi connectivity index (χ3n) is 4.62. The maximum atomic E-state index is 11.3. The number of aromatic nitrogens is 2. The third-order valence-corrected chi connectivity index (χ3v) is 4.62. The Labute approximate surface area is 134 Å². The smallest absolute Gasteiger partial charge is 0.222 e. The van der Waals surface area contributed by atoms with Crippen molar-refractivity contribution in [3.8, 4) is 0 Å². The second kappa shape index (κ2) is 4.68. The number of nitrogen functional groups attached to an aromatic ring is 1. The van der Waals surface area contributed by atoms with Crippen LogP contribution in [0.5, 0.6) is 0 Å². The number of pyridine rings is 2. The minimum Gasteiger partial charge on any atom is -0.384 e. The highest BCUT2D eigenvalue weighted by Gasteiger charge is 2.52. The molecular weight excluding hydrogens is 290 g/mol. The Balaban J connectivity index is 1.80. The normalized spacial score (nSPS) is 17.2. The summed E-state index contributed by atoms with van der Waals surface area (Å²) >= 11 is 0. The summed E-state index contributed by atoms with van der Waals surface area (Å²) in [5.74, 6) is 1.82. The maximum Gasteiger partial charge on any atom is 0.222 e. The molecule has 23 heavy (non-hydrogen) atoms. The summed E-state index contributed by atoms with van der Waals surface area (Å²) in [4.78, 5) is 22.4. The van der Waals surface area contributed by atoms with E-state index in [1.807, 2.05) is 31.3 Å². The molecule has 0 unspecified atom stereocenters. The van der Waals surface area contributed by atoms with Crippen LogP contribution in [0.15, 0.2) is 24.4 Å². The van der Waals surface area contributed by atoms with Crippen molar-refractivity contribution in [1.29, 1.82) is 0 Å². The number of hydrogen-bond acceptors (Lipinski definition) is 5. The van der Waals surface area contributed by atoms with Crippen molar-refractivity contribution >= 4 is 29.0 Å². The SMILES string of the molecule is CC(=O)Nc1cc2c(cn1)C1(CC1)CN2c1cc(C)cc(N)n1. The molecule has 1 aliphatic heterocycles. The fourth-order valence-electron chi connectivity index (χ4n) is 3.39. The predicted octanol–water partition coefficient (Wildman–Crippen LogP) is 2.51. The molecule has 3 heterocycles. The van der Waals surface area contributed by atoms with Crippen LogP contribution in [-0.4, -0.2) is 22.4 Å². The average Bonchev–Trinajstić information content (AvgIpc) is 3.16. The molecule has 1 spiro atoms. The summed E-state index contributed by atoms with van der Waals surface area (Å²) < 4.78 is 0. The average molecular weight is 309 g/mol. The van der Waals surface area contributed by atoms with Gasteiger partial charge in [0.25, 0.3) is 0 Å². The number of amides is 1. The molecule has 0 radical (unpaired) electrons. The number of nitrogens with zero attached hydrogens (tertiary/aromatic N) is 3. The van der Waals surface area contributed by atoms with Gasteiger partial charge in [0, 0.05) is 36.7 Å². The van der Waals surface area contributed by atoms with Gasteiger partial charge < -0.3 is 16.0 Å². The first kappa shape index (κ1) is 14.0. The Morgan fingerprint density at radius 2 is 2.13 bits per heavy atom. The molecule has 1 aliphatic carbocycles. The van der Waals surface area contributed by atoms with Crippen LogP contribution in [0.4, 0.5) is 23.1 Å². The molecule has 1 saturated carbocycles. The van der Waals surface area contributed by atoms with Crippen molar-refractivity contribution < 1.29 is 4.79 Å². The van der Waals surface area contributed by atoms with Crippen molar-refractivity contribution in [2.75, 3.05) is 22.5 Å². The fourth-order valence-corrected chi connectivity index (χ4v) is 3.39. The molecule has 118 valence electrons. The Morgan fingerprint density at radius 1 is 1.35 bits per heavy atom. The minimum atomic E-state index is -0.124. The molecule has 1 fully saturated rings. The van der Waals surface area contributed by atoms with E-state index in [0.29, 0.717) is 11.6 Å². The van der Waals surface area contributed by atoms with Gasteiger partial charge in [0.15, 0.2) is 0 Å². The van der Waals surface area contributed by atoms with E-state index in [4.69, 9.17) is 5.73 Å². The number of carbonyl (C=O) groups excluding carboxylic acids is 1. The Hall–Kier alpha value is -2.63. The predicted molar refractivity (Wildman–Crippen MR) is 89.8 cm³/mol. The lowest BCUT2D eigenvalue weighted by Gasteiger charge is -2.20. The van der Waals surface area contributed by atoms with Crippen LogP contribution in [0, 0.1) is 6.92 Å². The van der Waals surface area contributed by atoms with Crippen LogP contribution < -0.4 is 16.0 Å². The van der Waals surface area contributed by atoms with E-state index in [2.05, 4.69) is 20.2 Å². The molecule has 0 aromatic carbocycles. The number of nitrogens with two attached hydrogens (primary N) is 1. The number of carbonyl (C=O) groups is 1. The first-order valence-corrected chi connectivity index (χ1v) is 7.77. The second-order valence-corrected chi connectivity index (χ2v) is 6.56. The van der Waals surface area contributed by atoms with E-state index in [-0.39, 0.29) is 11.3 Å². The topological polar surface area (TPSA) is 84.1 Å². The molecule has 6 heteroatoms. The van der Waals surface area contributed by atoms with Gasteiger partial charge in [0.05, 0.1) is 5.69 Å². The van der Waals surface area contributed by atoms with Crippen molar-refractivity contribution in [2.45, 2.75) is 32.1 Å². The van der Waals surface area contributed by atoms with Crippen LogP contribution >= 0.6 is 0 Å². The molecule has 1 amide bonds. The molecule has 0 saturated heterocycles. The van der Waals surface area contributed by atoms with Crippen LogP contribution in [0.3, 0.4) is 0 Å². The van der Waals surface area contributed by atoms with Crippen LogP contribution in [0.25, 0.3) is 0 Å². The van der Waals surface area contributed by atoms with Gasteiger partial charge in [-0.3, -0.25) is 4.79 Å². The number of anilines is 4. The largest absolute Gasteiger partial charge is 0.384 e. The quantitative estimate of drug-likeness (QED) is 0.890. The number of rotatable bonds is 2. The van der Waals surface area contributed by atoms with E-state index >= 15 is 0 Å². The van der Waals surface area contributed by atoms with Crippen molar-refractivity contribution in [3.63, 3.8) is 0 Å². The summed E-state index contributed by atoms with van der Waals surface area (Å²) in [5, 5.41) is 2.76. The van der Waals surface area contributed by atoms with Crippen LogP contribution in [0.2, 0.25) is 0 Å². The molecule has 2 aromatic rings. The number of fused-ring (bicyclic) bond motifs is 2. The van der Waals surface area contributed by atoms with E-state index in [1.54, 1.807) is 0 Å². The maximum absolute atomic E-state index is 11.3. The molecule has 4 rings (SSSR count). The molecule has 0 atom stereocenters. The van der Waals surface area contributed by atoms with E-state index in [9.17, 15) is 4.79 Å². The Kier molecular flexibility index (Phi) is 2.85. The lowest BCUT2D eigenvalue weighted by atomic mass is 10.0. The van der Waals surface area contributed by atoms with Crippen molar-refractivity contribution in [2.24, 2.45) is 0 Å². The molecular formula is C17H19N5O. The summed E-state index contributed by atoms with van der Waals surface area (Å²) in [7, 11) is 0. The fraction of sp³-hybridized carbons (Fsp3) is 0.353. The number of hydrogen-bond donors (Lipinski definition) is 2. The van der Waals surface area contributed by atoms with E-state index in [1.165, 1.54) is 25.3 Å². The zero-order valence-electron chi connectivity index (χ0n) is 13.3. The zero-order chi connectivity index (χ0) is 16.2. The Morgan fingerprint density at radius 3 is 2.78 bits per heavy atom. The summed E-state index contributed by atoms with van der Waals surface area (Å²) in [6.07, 6.45) is 4.23. The summed E-state index contributed by atoms with van der Waals surface area (Å²) in [5.41, 5.74) is 9.51. The summed E-state index contributed by atoms with van der Waals surface area (Å²) in [6, 6.07) is 5.84. The van der Waals surface area contributed by atoms with Crippen LogP contribution in [0.1, 0.15) is 30.9 Å². The molecule has 3 N–H and O–H groups in total. The number of nitrogens with one attached hydrogen (secondary N) is 1. The van der Waals surface area contributed by atoms with Crippen molar-refractivity contribution in [1.82, 2.24) is 9.97 Å². The van der Waals surface area contributed by atoms with Gasteiger partial charge in [-0.15, -0.1) is 0 Å². The zero-order valence-corrected chi connectivity index (χ0v) is 13.3. The van der Waals surface area contributed by atoms with Gasteiger partial charge in [-0.2, -0.15) is 0 Å².